The molecule has 6 nitrogen and oxygen atoms in total. The first-order chi connectivity index (χ1) is 7.44. The van der Waals surface area contributed by atoms with E-state index in [9.17, 15) is 10.2 Å². The van der Waals surface area contributed by atoms with E-state index >= 15 is 0 Å². The van der Waals surface area contributed by atoms with Crippen molar-refractivity contribution >= 4 is 0 Å². The van der Waals surface area contributed by atoms with Gasteiger partial charge in [0.2, 0.25) is 0 Å². The van der Waals surface area contributed by atoms with Crippen LogP contribution in [0, 0.1) is 11.3 Å². The molecule has 2 fully saturated rings. The average molecular weight is 229 g/mol. The van der Waals surface area contributed by atoms with Crippen LogP contribution in [0.4, 0.5) is 0 Å². The summed E-state index contributed by atoms with van der Waals surface area (Å²) in [5.41, 5.74) is 0. The molecule has 0 saturated carbocycles. The van der Waals surface area contributed by atoms with Crippen LogP contribution < -0.4 is 0 Å². The Morgan fingerprint density at radius 2 is 2.12 bits per heavy atom. The van der Waals surface area contributed by atoms with Gasteiger partial charge in [0.1, 0.15) is 18.3 Å². The number of ether oxygens (including phenoxy) is 3. The van der Waals surface area contributed by atoms with Gasteiger partial charge < -0.3 is 24.4 Å². The van der Waals surface area contributed by atoms with Crippen molar-refractivity contribution in [3.63, 3.8) is 0 Å². The van der Waals surface area contributed by atoms with Gasteiger partial charge in [0.05, 0.1) is 18.6 Å². The minimum atomic E-state index is -1.03. The number of fused-ring (bicyclic) bond motifs is 1. The highest BCUT2D eigenvalue weighted by atomic mass is 16.8. The highest BCUT2D eigenvalue weighted by Crippen LogP contribution is 2.38. The monoisotopic (exact) mass is 229 g/mol. The summed E-state index contributed by atoms with van der Waals surface area (Å²) in [7, 11) is 0. The van der Waals surface area contributed by atoms with Crippen LogP contribution in [-0.4, -0.2) is 46.7 Å². The Hall–Kier alpha value is -0.710. The van der Waals surface area contributed by atoms with Gasteiger partial charge in [-0.2, -0.15) is 5.26 Å². The number of nitriles is 1. The summed E-state index contributed by atoms with van der Waals surface area (Å²) in [6.07, 6.45) is -4.21. The van der Waals surface area contributed by atoms with Gasteiger partial charge in [-0.1, -0.05) is 0 Å². The lowest BCUT2D eigenvalue weighted by molar-refractivity contribution is -0.225. The van der Waals surface area contributed by atoms with Gasteiger partial charge in [-0.05, 0) is 13.8 Å². The zero-order chi connectivity index (χ0) is 11.9. The lowest BCUT2D eigenvalue weighted by Gasteiger charge is -2.24. The van der Waals surface area contributed by atoms with E-state index in [1.54, 1.807) is 13.8 Å². The van der Waals surface area contributed by atoms with Gasteiger partial charge >= 0.3 is 0 Å². The standard InChI is InChI=1S/C10H15NO5/c1-10(2)15-8-6(13)7(5(12)3-4-11)14-9(8)16-10/h5-9,12-13H,3H2,1-2H3/t5-,6-,7-,8+,9+/m1/s1. The predicted octanol–water partition coefficient (Wildman–Crippen LogP) is -0.502. The molecule has 2 aliphatic rings. The Labute approximate surface area is 93.3 Å². The molecule has 0 bridgehead atoms. The van der Waals surface area contributed by atoms with E-state index in [1.807, 2.05) is 6.07 Å². The van der Waals surface area contributed by atoms with Crippen LogP contribution in [0.2, 0.25) is 0 Å². The van der Waals surface area contributed by atoms with E-state index < -0.39 is 36.5 Å². The van der Waals surface area contributed by atoms with Crippen molar-refractivity contribution in [2.75, 3.05) is 0 Å². The molecule has 0 amide bonds. The number of hydrogen-bond acceptors (Lipinski definition) is 6. The Bertz CT molecular complexity index is 313. The molecule has 0 aromatic heterocycles. The fourth-order valence-electron chi connectivity index (χ4n) is 2.04. The topological polar surface area (TPSA) is 91.9 Å². The molecule has 2 N–H and O–H groups in total. The number of aliphatic hydroxyl groups is 2. The smallest absolute Gasteiger partial charge is 0.190 e. The normalized spacial score (nSPS) is 42.7. The fraction of sp³-hybridized carbons (Fsp3) is 0.900. The summed E-state index contributed by atoms with van der Waals surface area (Å²) in [6.45, 7) is 3.45. The lowest BCUT2D eigenvalue weighted by Crippen LogP contribution is -2.40. The molecule has 0 aliphatic carbocycles. The Morgan fingerprint density at radius 3 is 2.69 bits per heavy atom. The van der Waals surface area contributed by atoms with Gasteiger partial charge in [0, 0.05) is 0 Å². The first-order valence-electron chi connectivity index (χ1n) is 5.19. The quantitative estimate of drug-likeness (QED) is 0.663. The van der Waals surface area contributed by atoms with Gasteiger partial charge in [-0.25, -0.2) is 0 Å². The van der Waals surface area contributed by atoms with Crippen LogP contribution in [0.25, 0.3) is 0 Å². The zero-order valence-electron chi connectivity index (χ0n) is 9.16. The third-order valence-electron chi connectivity index (χ3n) is 2.73. The molecule has 0 spiro atoms. The number of nitrogens with zero attached hydrogens (tertiary/aromatic N) is 1. The SMILES string of the molecule is CC1(C)O[C@@H]2O[C@H]([C@H](O)CC#N)[C@@H](O)[C@@H]2O1. The van der Waals surface area contributed by atoms with Crippen molar-refractivity contribution < 1.29 is 24.4 Å². The molecule has 2 rings (SSSR count). The maximum Gasteiger partial charge on any atom is 0.190 e. The van der Waals surface area contributed by atoms with Crippen LogP contribution in [0.5, 0.6) is 0 Å². The zero-order valence-corrected chi connectivity index (χ0v) is 9.16. The van der Waals surface area contributed by atoms with Crippen molar-refractivity contribution in [3.05, 3.63) is 0 Å². The maximum atomic E-state index is 9.89. The minimum Gasteiger partial charge on any atom is -0.389 e. The predicted molar refractivity (Wildman–Crippen MR) is 50.9 cm³/mol. The van der Waals surface area contributed by atoms with E-state index in [0.29, 0.717) is 0 Å². The van der Waals surface area contributed by atoms with Crippen LogP contribution in [-0.2, 0) is 14.2 Å². The van der Waals surface area contributed by atoms with Gasteiger partial charge in [-0.3, -0.25) is 0 Å². The first kappa shape index (κ1) is 11.8. The Kier molecular flexibility index (Phi) is 2.90. The summed E-state index contributed by atoms with van der Waals surface area (Å²) in [4.78, 5) is 0. The van der Waals surface area contributed by atoms with Crippen LogP contribution in [0.1, 0.15) is 20.3 Å². The number of aliphatic hydroxyl groups excluding tert-OH is 2. The highest BCUT2D eigenvalue weighted by molar-refractivity contribution is 4.97. The van der Waals surface area contributed by atoms with Crippen LogP contribution >= 0.6 is 0 Å². The maximum absolute atomic E-state index is 9.89. The number of hydrogen-bond donors (Lipinski definition) is 2. The molecule has 2 aliphatic heterocycles. The lowest BCUT2D eigenvalue weighted by atomic mass is 10.0. The van der Waals surface area contributed by atoms with E-state index in [1.165, 1.54) is 0 Å². The van der Waals surface area contributed by atoms with E-state index in [4.69, 9.17) is 19.5 Å². The van der Waals surface area contributed by atoms with E-state index in [-0.39, 0.29) is 6.42 Å². The molecule has 0 unspecified atom stereocenters. The largest absolute Gasteiger partial charge is 0.389 e. The summed E-state index contributed by atoms with van der Waals surface area (Å²) in [6, 6.07) is 1.82. The third-order valence-corrected chi connectivity index (χ3v) is 2.73. The molecule has 2 saturated heterocycles. The van der Waals surface area contributed by atoms with Gasteiger partial charge in [0.25, 0.3) is 0 Å². The van der Waals surface area contributed by atoms with Gasteiger partial charge in [0.15, 0.2) is 12.1 Å². The fourth-order valence-corrected chi connectivity index (χ4v) is 2.04. The van der Waals surface area contributed by atoms with Crippen molar-refractivity contribution in [1.29, 1.82) is 5.26 Å². The molecule has 16 heavy (non-hydrogen) atoms. The van der Waals surface area contributed by atoms with Crippen LogP contribution in [0.3, 0.4) is 0 Å². The second kappa shape index (κ2) is 3.95. The van der Waals surface area contributed by atoms with Crippen molar-refractivity contribution in [2.24, 2.45) is 0 Å². The minimum absolute atomic E-state index is 0.0927. The second-order valence-electron chi connectivity index (χ2n) is 4.49. The molecule has 0 aromatic carbocycles. The van der Waals surface area contributed by atoms with E-state index in [0.717, 1.165) is 0 Å². The molecule has 5 atom stereocenters. The summed E-state index contributed by atoms with van der Waals surface area (Å²) in [5.74, 6) is -0.790. The van der Waals surface area contributed by atoms with Crippen molar-refractivity contribution in [2.45, 2.75) is 56.8 Å². The summed E-state index contributed by atoms with van der Waals surface area (Å²) < 4.78 is 16.2. The van der Waals surface area contributed by atoms with Gasteiger partial charge in [-0.15, -0.1) is 0 Å². The Balaban J connectivity index is 2.03. The molecular weight excluding hydrogens is 214 g/mol. The molecule has 2 heterocycles. The first-order valence-corrected chi connectivity index (χ1v) is 5.19. The molecule has 90 valence electrons. The summed E-state index contributed by atoms with van der Waals surface area (Å²) >= 11 is 0. The highest BCUT2D eigenvalue weighted by Gasteiger charge is 2.55. The molecule has 0 aromatic rings. The number of rotatable bonds is 2. The van der Waals surface area contributed by atoms with E-state index in [2.05, 4.69) is 0 Å². The average Bonchev–Trinajstić information content (AvgIpc) is 2.62. The molecular formula is C10H15NO5. The molecule has 0 radical (unpaired) electrons. The third kappa shape index (κ3) is 1.93. The second-order valence-corrected chi connectivity index (χ2v) is 4.49. The molecule has 6 heteroatoms. The summed E-state index contributed by atoms with van der Waals surface area (Å²) in [5, 5.41) is 27.9. The van der Waals surface area contributed by atoms with Crippen molar-refractivity contribution in [1.82, 2.24) is 0 Å². The Morgan fingerprint density at radius 1 is 1.44 bits per heavy atom. The van der Waals surface area contributed by atoms with Crippen molar-refractivity contribution in [3.8, 4) is 6.07 Å². The van der Waals surface area contributed by atoms with Crippen LogP contribution in [0.15, 0.2) is 0 Å².